The minimum absolute atomic E-state index is 0.00995. The summed E-state index contributed by atoms with van der Waals surface area (Å²) in [6.07, 6.45) is 30.4. The van der Waals surface area contributed by atoms with E-state index >= 15 is 0 Å². The van der Waals surface area contributed by atoms with Gasteiger partial charge in [-0.25, -0.2) is 4.79 Å². The number of carbonyl (C=O) groups is 1. The number of carbonyl (C=O) groups excluding carboxylic acids is 1. The molecule has 47 heavy (non-hydrogen) atoms. The number of aliphatic hydroxyl groups is 1. The second-order valence-electron chi connectivity index (χ2n) is 17.9. The number of nitrogens with one attached hydrogen (secondary N) is 1. The van der Waals surface area contributed by atoms with Gasteiger partial charge in [0.2, 0.25) is 0 Å². The molecule has 0 aromatic heterocycles. The number of rotatable bonds is 20. The third-order valence-electron chi connectivity index (χ3n) is 14.2. The van der Waals surface area contributed by atoms with Crippen LogP contribution in [0, 0.1) is 46.3 Å². The van der Waals surface area contributed by atoms with Crippen molar-refractivity contribution in [3.05, 3.63) is 11.6 Å². The molecule has 4 aliphatic rings. The zero-order chi connectivity index (χ0) is 33.9. The van der Waals surface area contributed by atoms with E-state index in [1.807, 2.05) is 0 Å². The third-order valence-corrected chi connectivity index (χ3v) is 14.2. The molecule has 272 valence electrons. The summed E-state index contributed by atoms with van der Waals surface area (Å²) in [7, 11) is 0. The van der Waals surface area contributed by atoms with Crippen molar-refractivity contribution in [2.45, 2.75) is 201 Å². The molecule has 4 aliphatic carbocycles. The Labute approximate surface area is 291 Å². The molecule has 0 saturated heterocycles. The van der Waals surface area contributed by atoms with Crippen LogP contribution in [0.5, 0.6) is 0 Å². The lowest BCUT2D eigenvalue weighted by atomic mass is 9.47. The summed E-state index contributed by atoms with van der Waals surface area (Å²) < 4.78 is 5.99. The number of hydrogen-bond donors (Lipinski definition) is 2. The molecule has 1 amide bonds. The predicted octanol–water partition coefficient (Wildman–Crippen LogP) is 12.2. The van der Waals surface area contributed by atoms with Gasteiger partial charge in [-0.05, 0) is 117 Å². The van der Waals surface area contributed by atoms with Gasteiger partial charge in [-0.1, -0.05) is 124 Å². The fourth-order valence-corrected chi connectivity index (χ4v) is 11.3. The number of unbranched alkanes of at least 4 members (excludes halogenated alkanes) is 8. The Kier molecular flexibility index (Phi) is 15.5. The molecule has 2 unspecified atom stereocenters. The van der Waals surface area contributed by atoms with Crippen LogP contribution in [-0.4, -0.2) is 30.0 Å². The molecule has 9 atom stereocenters. The van der Waals surface area contributed by atoms with Crippen LogP contribution in [0.3, 0.4) is 0 Å². The van der Waals surface area contributed by atoms with Gasteiger partial charge in [-0.2, -0.15) is 0 Å². The highest BCUT2D eigenvalue weighted by molar-refractivity contribution is 5.67. The van der Waals surface area contributed by atoms with Gasteiger partial charge in [-0.3, -0.25) is 0 Å². The molecular weight excluding hydrogens is 578 g/mol. The van der Waals surface area contributed by atoms with Gasteiger partial charge < -0.3 is 15.2 Å². The Morgan fingerprint density at radius 1 is 0.851 bits per heavy atom. The molecule has 4 rings (SSSR count). The van der Waals surface area contributed by atoms with E-state index in [-0.39, 0.29) is 23.7 Å². The van der Waals surface area contributed by atoms with Crippen LogP contribution in [0.4, 0.5) is 4.79 Å². The molecule has 3 saturated carbocycles. The Bertz CT molecular complexity index is 961. The average molecular weight is 656 g/mol. The first kappa shape index (κ1) is 38.8. The summed E-state index contributed by atoms with van der Waals surface area (Å²) in [4.78, 5) is 12.7. The van der Waals surface area contributed by atoms with Crippen LogP contribution in [0.15, 0.2) is 11.6 Å². The van der Waals surface area contributed by atoms with Gasteiger partial charge in [0.25, 0.3) is 0 Å². The summed E-state index contributed by atoms with van der Waals surface area (Å²) in [5.74, 6) is 5.13. The number of alkyl carbamates (subject to hydrolysis) is 1. The first-order chi connectivity index (χ1) is 22.6. The molecular formula is C43H77NO3. The van der Waals surface area contributed by atoms with E-state index in [2.05, 4.69) is 52.9 Å². The SMILES string of the molecule is CCCCCCCCCCC(O)CCCCNC(=O)O[C@H]1CC[C@@]2(C)C(=CC[C@H]3C4CC[C@H]([C@H](C)CCCC(C)C)[C@@]4(C)CC[C@@H]32)C1. The van der Waals surface area contributed by atoms with Crippen LogP contribution in [0.2, 0.25) is 0 Å². The van der Waals surface area contributed by atoms with Crippen molar-refractivity contribution in [1.29, 1.82) is 0 Å². The van der Waals surface area contributed by atoms with E-state index in [1.54, 1.807) is 5.57 Å². The fraction of sp³-hybridized carbons (Fsp3) is 0.930. The highest BCUT2D eigenvalue weighted by Gasteiger charge is 2.59. The first-order valence-corrected chi connectivity index (χ1v) is 20.9. The maximum absolute atomic E-state index is 12.7. The number of amides is 1. The quantitative estimate of drug-likeness (QED) is 0.101. The monoisotopic (exact) mass is 656 g/mol. The smallest absolute Gasteiger partial charge is 0.407 e. The van der Waals surface area contributed by atoms with Crippen molar-refractivity contribution in [3.63, 3.8) is 0 Å². The topological polar surface area (TPSA) is 58.6 Å². The predicted molar refractivity (Wildman–Crippen MR) is 198 cm³/mol. The Morgan fingerprint density at radius 2 is 1.55 bits per heavy atom. The normalized spacial score (nSPS) is 33.0. The van der Waals surface area contributed by atoms with Crippen molar-refractivity contribution in [1.82, 2.24) is 5.32 Å². The minimum Gasteiger partial charge on any atom is -0.446 e. The number of ether oxygens (including phenoxy) is 1. The van der Waals surface area contributed by atoms with E-state index in [4.69, 9.17) is 4.74 Å². The molecule has 2 N–H and O–H groups in total. The van der Waals surface area contributed by atoms with Gasteiger partial charge in [-0.15, -0.1) is 0 Å². The zero-order valence-electron chi connectivity index (χ0n) is 31.9. The van der Waals surface area contributed by atoms with Crippen molar-refractivity contribution in [3.8, 4) is 0 Å². The van der Waals surface area contributed by atoms with E-state index in [9.17, 15) is 9.90 Å². The van der Waals surface area contributed by atoms with Crippen LogP contribution in [0.1, 0.15) is 189 Å². The lowest BCUT2D eigenvalue weighted by Gasteiger charge is -2.58. The number of hydrogen-bond acceptors (Lipinski definition) is 3. The largest absolute Gasteiger partial charge is 0.446 e. The molecule has 4 nitrogen and oxygen atoms in total. The molecule has 4 heteroatoms. The van der Waals surface area contributed by atoms with Gasteiger partial charge in [0.15, 0.2) is 0 Å². The summed E-state index contributed by atoms with van der Waals surface area (Å²) in [5.41, 5.74) is 2.41. The molecule has 0 aromatic rings. The van der Waals surface area contributed by atoms with Gasteiger partial charge in [0.1, 0.15) is 6.10 Å². The third kappa shape index (κ3) is 10.5. The highest BCUT2D eigenvalue weighted by atomic mass is 16.6. The lowest BCUT2D eigenvalue weighted by Crippen LogP contribution is -2.51. The van der Waals surface area contributed by atoms with Crippen molar-refractivity contribution in [2.75, 3.05) is 6.54 Å². The summed E-state index contributed by atoms with van der Waals surface area (Å²) in [6.45, 7) is 15.5. The number of fused-ring (bicyclic) bond motifs is 5. The van der Waals surface area contributed by atoms with Gasteiger partial charge >= 0.3 is 6.09 Å². The van der Waals surface area contributed by atoms with Crippen molar-refractivity contribution in [2.24, 2.45) is 46.3 Å². The van der Waals surface area contributed by atoms with Crippen molar-refractivity contribution < 1.29 is 14.6 Å². The molecule has 0 radical (unpaired) electrons. The molecule has 0 aromatic carbocycles. The van der Waals surface area contributed by atoms with Gasteiger partial charge in [0, 0.05) is 13.0 Å². The minimum atomic E-state index is -0.250. The standard InChI is InChI=1S/C43H77NO3/c1-7-8-9-10-11-12-13-14-20-35(45)21-15-16-30-44-41(46)47-36-26-28-42(5)34(31-36)22-23-37-39-25-24-38(33(4)19-17-18-32(2)3)43(39,6)29-27-40(37)42/h22,32-33,35-40,45H,7-21,23-31H2,1-6H3,(H,44,46)/t33-,35?,36+,37+,38-,39?,40+,42+,43-/m1/s1. The Morgan fingerprint density at radius 3 is 2.28 bits per heavy atom. The summed E-state index contributed by atoms with van der Waals surface area (Å²) >= 11 is 0. The average Bonchev–Trinajstić information content (AvgIpc) is 3.39. The van der Waals surface area contributed by atoms with E-state index < -0.39 is 0 Å². The highest BCUT2D eigenvalue weighted by Crippen LogP contribution is 2.67. The maximum atomic E-state index is 12.7. The van der Waals surface area contributed by atoms with E-state index in [0.717, 1.165) is 86.9 Å². The molecule has 0 bridgehead atoms. The van der Waals surface area contributed by atoms with Crippen molar-refractivity contribution >= 4 is 6.09 Å². The maximum Gasteiger partial charge on any atom is 0.407 e. The Balaban J connectivity index is 1.14. The molecule has 0 spiro atoms. The molecule has 0 heterocycles. The summed E-state index contributed by atoms with van der Waals surface area (Å²) in [6, 6.07) is 0. The number of aliphatic hydroxyl groups excluding tert-OH is 1. The second kappa shape index (κ2) is 18.8. The molecule has 0 aliphatic heterocycles. The van der Waals surface area contributed by atoms with Crippen LogP contribution < -0.4 is 5.32 Å². The second-order valence-corrected chi connectivity index (χ2v) is 17.9. The number of allylic oxidation sites excluding steroid dienone is 1. The Hall–Kier alpha value is -1.03. The van der Waals surface area contributed by atoms with E-state index in [0.29, 0.717) is 12.0 Å². The zero-order valence-corrected chi connectivity index (χ0v) is 31.9. The lowest BCUT2D eigenvalue weighted by molar-refractivity contribution is -0.0581. The summed E-state index contributed by atoms with van der Waals surface area (Å²) in [5, 5.41) is 13.4. The van der Waals surface area contributed by atoms with Crippen LogP contribution in [-0.2, 0) is 4.74 Å². The van der Waals surface area contributed by atoms with Gasteiger partial charge in [0.05, 0.1) is 6.10 Å². The molecule has 3 fully saturated rings. The first-order valence-electron chi connectivity index (χ1n) is 20.9. The van der Waals surface area contributed by atoms with E-state index in [1.165, 1.54) is 96.3 Å². The fourth-order valence-electron chi connectivity index (χ4n) is 11.3. The van der Waals surface area contributed by atoms with Crippen LogP contribution in [0.25, 0.3) is 0 Å². The van der Waals surface area contributed by atoms with Crippen LogP contribution >= 0.6 is 0 Å².